The molecule has 0 saturated carbocycles. The first-order valence-electron chi connectivity index (χ1n) is 8.70. The van der Waals surface area contributed by atoms with Gasteiger partial charge in [0.25, 0.3) is 11.6 Å². The summed E-state index contributed by atoms with van der Waals surface area (Å²) < 4.78 is 5.40. The molecule has 0 aliphatic carbocycles. The number of anilines is 1. The van der Waals surface area contributed by atoms with Crippen molar-refractivity contribution >= 4 is 28.9 Å². The number of hydrogen-bond acceptors (Lipinski definition) is 5. The van der Waals surface area contributed by atoms with Crippen molar-refractivity contribution in [2.24, 2.45) is 0 Å². The number of rotatable bonds is 5. The van der Waals surface area contributed by atoms with Crippen LogP contribution in [0.15, 0.2) is 42.5 Å². The van der Waals surface area contributed by atoms with Crippen molar-refractivity contribution in [3.05, 3.63) is 63.2 Å². The number of carbonyl (C=O) groups is 1. The van der Waals surface area contributed by atoms with E-state index in [1.165, 1.54) is 12.1 Å². The van der Waals surface area contributed by atoms with Gasteiger partial charge in [0.1, 0.15) is 5.75 Å². The van der Waals surface area contributed by atoms with Gasteiger partial charge in [-0.1, -0.05) is 11.6 Å². The van der Waals surface area contributed by atoms with Crippen LogP contribution in [0, 0.1) is 10.1 Å². The number of halogens is 1. The lowest BCUT2D eigenvalue weighted by molar-refractivity contribution is -0.384. The highest BCUT2D eigenvalue weighted by molar-refractivity contribution is 6.32. The van der Waals surface area contributed by atoms with Gasteiger partial charge in [-0.25, -0.2) is 0 Å². The number of benzene rings is 2. The summed E-state index contributed by atoms with van der Waals surface area (Å²) in [4.78, 5) is 27.0. The van der Waals surface area contributed by atoms with Gasteiger partial charge in [0.05, 0.1) is 16.6 Å². The zero-order valence-electron chi connectivity index (χ0n) is 14.9. The summed E-state index contributed by atoms with van der Waals surface area (Å²) >= 11 is 6.18. The molecular weight excluding hydrogens is 370 g/mol. The largest absolute Gasteiger partial charge is 0.492 e. The molecule has 2 aromatic rings. The molecule has 1 saturated heterocycles. The van der Waals surface area contributed by atoms with E-state index in [-0.39, 0.29) is 11.6 Å². The predicted octanol–water partition coefficient (Wildman–Crippen LogP) is 3.61. The van der Waals surface area contributed by atoms with Gasteiger partial charge in [-0.2, -0.15) is 0 Å². The SMILES string of the molecule is CCOc1ccc(C(=O)N2CCN(c3ccc([N+](=O)[O-])cc3)CC2)cc1Cl. The van der Waals surface area contributed by atoms with Crippen LogP contribution < -0.4 is 9.64 Å². The molecule has 0 spiro atoms. The Morgan fingerprint density at radius 1 is 1.15 bits per heavy atom. The molecule has 0 atom stereocenters. The molecule has 0 N–H and O–H groups in total. The fraction of sp³-hybridized carbons (Fsp3) is 0.316. The molecule has 8 heteroatoms. The van der Waals surface area contributed by atoms with Crippen LogP contribution in [0.2, 0.25) is 5.02 Å². The maximum atomic E-state index is 12.7. The molecule has 0 aromatic heterocycles. The topological polar surface area (TPSA) is 75.9 Å². The lowest BCUT2D eigenvalue weighted by Gasteiger charge is -2.36. The van der Waals surface area contributed by atoms with Gasteiger partial charge in [0.2, 0.25) is 0 Å². The number of piperazine rings is 1. The Morgan fingerprint density at radius 2 is 1.81 bits per heavy atom. The maximum absolute atomic E-state index is 12.7. The second-order valence-electron chi connectivity index (χ2n) is 6.13. The van der Waals surface area contributed by atoms with Gasteiger partial charge in [-0.05, 0) is 37.3 Å². The Kier molecular flexibility index (Phi) is 5.81. The average molecular weight is 390 g/mol. The molecule has 142 valence electrons. The van der Waals surface area contributed by atoms with Crippen molar-refractivity contribution in [3.63, 3.8) is 0 Å². The molecule has 1 fully saturated rings. The van der Waals surface area contributed by atoms with Crippen LogP contribution in [0.1, 0.15) is 17.3 Å². The highest BCUT2D eigenvalue weighted by Gasteiger charge is 2.23. The Bertz CT molecular complexity index is 833. The molecule has 27 heavy (non-hydrogen) atoms. The summed E-state index contributed by atoms with van der Waals surface area (Å²) in [7, 11) is 0. The van der Waals surface area contributed by atoms with E-state index in [9.17, 15) is 14.9 Å². The minimum Gasteiger partial charge on any atom is -0.492 e. The molecule has 1 amide bonds. The van der Waals surface area contributed by atoms with Crippen molar-refractivity contribution in [2.45, 2.75) is 6.92 Å². The Labute approximate surface area is 162 Å². The van der Waals surface area contributed by atoms with E-state index in [2.05, 4.69) is 4.90 Å². The van der Waals surface area contributed by atoms with Gasteiger partial charge in [0.15, 0.2) is 0 Å². The molecule has 3 rings (SSSR count). The summed E-state index contributed by atoms with van der Waals surface area (Å²) in [6.45, 7) is 4.85. The van der Waals surface area contributed by atoms with Crippen molar-refractivity contribution < 1.29 is 14.5 Å². The number of non-ortho nitro benzene ring substituents is 1. The first-order chi connectivity index (χ1) is 13.0. The summed E-state index contributed by atoms with van der Waals surface area (Å²) in [5.41, 5.74) is 1.52. The Balaban J connectivity index is 1.62. The number of hydrogen-bond donors (Lipinski definition) is 0. The molecule has 1 heterocycles. The summed E-state index contributed by atoms with van der Waals surface area (Å²) in [6.07, 6.45) is 0. The molecular formula is C19H20ClN3O4. The number of ether oxygens (including phenoxy) is 1. The minimum absolute atomic E-state index is 0.0664. The van der Waals surface area contributed by atoms with Crippen LogP contribution in [0.5, 0.6) is 5.75 Å². The van der Waals surface area contributed by atoms with Gasteiger partial charge in [-0.15, -0.1) is 0 Å². The molecule has 1 aliphatic heterocycles. The molecule has 0 bridgehead atoms. The van der Waals surface area contributed by atoms with Gasteiger partial charge in [0, 0.05) is 49.6 Å². The third-order valence-electron chi connectivity index (χ3n) is 4.47. The van der Waals surface area contributed by atoms with Crippen LogP contribution in [-0.4, -0.2) is 48.5 Å². The van der Waals surface area contributed by atoms with Gasteiger partial charge in [-0.3, -0.25) is 14.9 Å². The zero-order valence-corrected chi connectivity index (χ0v) is 15.7. The minimum atomic E-state index is -0.414. The van der Waals surface area contributed by atoms with Crippen molar-refractivity contribution in [2.75, 3.05) is 37.7 Å². The zero-order chi connectivity index (χ0) is 19.4. The first-order valence-corrected chi connectivity index (χ1v) is 9.08. The first kappa shape index (κ1) is 19.0. The summed E-state index contributed by atoms with van der Waals surface area (Å²) in [6, 6.07) is 11.5. The molecule has 7 nitrogen and oxygen atoms in total. The number of nitrogens with zero attached hydrogens (tertiary/aromatic N) is 3. The maximum Gasteiger partial charge on any atom is 0.269 e. The van der Waals surface area contributed by atoms with E-state index in [1.807, 2.05) is 6.92 Å². The van der Waals surface area contributed by atoms with Crippen LogP contribution >= 0.6 is 11.6 Å². The molecule has 0 unspecified atom stereocenters. The number of nitro benzene ring substituents is 1. The van der Waals surface area contributed by atoms with E-state index < -0.39 is 4.92 Å². The lowest BCUT2D eigenvalue weighted by Crippen LogP contribution is -2.48. The quantitative estimate of drug-likeness (QED) is 0.576. The van der Waals surface area contributed by atoms with Crippen LogP contribution in [0.3, 0.4) is 0 Å². The molecule has 2 aromatic carbocycles. The van der Waals surface area contributed by atoms with Crippen LogP contribution in [-0.2, 0) is 0 Å². The smallest absolute Gasteiger partial charge is 0.269 e. The normalized spacial score (nSPS) is 14.1. The summed E-state index contributed by atoms with van der Waals surface area (Å²) in [5.74, 6) is 0.502. The fourth-order valence-electron chi connectivity index (χ4n) is 3.04. The van der Waals surface area contributed by atoms with Crippen LogP contribution in [0.4, 0.5) is 11.4 Å². The van der Waals surface area contributed by atoms with Gasteiger partial charge >= 0.3 is 0 Å². The number of nitro groups is 1. The van der Waals surface area contributed by atoms with E-state index in [0.29, 0.717) is 49.1 Å². The Hall–Kier alpha value is -2.80. The Morgan fingerprint density at radius 3 is 2.37 bits per heavy atom. The van der Waals surface area contributed by atoms with Gasteiger partial charge < -0.3 is 14.5 Å². The second-order valence-corrected chi connectivity index (χ2v) is 6.54. The van der Waals surface area contributed by atoms with E-state index in [0.717, 1.165) is 5.69 Å². The highest BCUT2D eigenvalue weighted by Crippen LogP contribution is 2.26. The summed E-state index contributed by atoms with van der Waals surface area (Å²) in [5, 5.41) is 11.2. The molecule has 1 aliphatic rings. The standard InChI is InChI=1S/C19H20ClN3O4/c1-2-27-18-8-3-14(13-17(18)20)19(24)22-11-9-21(10-12-22)15-4-6-16(7-5-15)23(25)26/h3-8,13H,2,9-12H2,1H3. The number of amides is 1. The lowest BCUT2D eigenvalue weighted by atomic mass is 10.1. The average Bonchev–Trinajstić information content (AvgIpc) is 2.69. The fourth-order valence-corrected chi connectivity index (χ4v) is 3.28. The predicted molar refractivity (Wildman–Crippen MR) is 104 cm³/mol. The third kappa shape index (κ3) is 4.31. The highest BCUT2D eigenvalue weighted by atomic mass is 35.5. The van der Waals surface area contributed by atoms with Crippen molar-refractivity contribution in [1.82, 2.24) is 4.90 Å². The third-order valence-corrected chi connectivity index (χ3v) is 4.77. The van der Waals surface area contributed by atoms with Crippen LogP contribution in [0.25, 0.3) is 0 Å². The van der Waals surface area contributed by atoms with E-state index in [4.69, 9.17) is 16.3 Å². The molecule has 0 radical (unpaired) electrons. The monoisotopic (exact) mass is 389 g/mol. The number of carbonyl (C=O) groups excluding carboxylic acids is 1. The van der Waals surface area contributed by atoms with E-state index >= 15 is 0 Å². The van der Waals surface area contributed by atoms with Crippen molar-refractivity contribution in [3.8, 4) is 5.75 Å². The second kappa shape index (κ2) is 8.26. The van der Waals surface area contributed by atoms with E-state index in [1.54, 1.807) is 35.2 Å². The van der Waals surface area contributed by atoms with Crippen molar-refractivity contribution in [1.29, 1.82) is 0 Å².